The summed E-state index contributed by atoms with van der Waals surface area (Å²) in [6, 6.07) is 3.54. The van der Waals surface area contributed by atoms with E-state index in [1.165, 1.54) is 6.92 Å². The number of aliphatic hydroxyl groups excluding tert-OH is 1. The van der Waals surface area contributed by atoms with Gasteiger partial charge in [-0.15, -0.1) is 5.10 Å². The summed E-state index contributed by atoms with van der Waals surface area (Å²) >= 11 is 0. The Morgan fingerprint density at radius 1 is 1.58 bits per heavy atom. The molecule has 1 amide bonds. The van der Waals surface area contributed by atoms with E-state index < -0.39 is 0 Å². The zero-order valence-corrected chi connectivity index (χ0v) is 10.7. The predicted octanol–water partition coefficient (Wildman–Crippen LogP) is 0.209. The Morgan fingerprint density at radius 3 is 3.05 bits per heavy atom. The first-order chi connectivity index (χ1) is 9.20. The zero-order valence-electron chi connectivity index (χ0n) is 10.7. The van der Waals surface area contributed by atoms with E-state index in [9.17, 15) is 4.79 Å². The van der Waals surface area contributed by atoms with E-state index in [-0.39, 0.29) is 12.5 Å². The molecule has 0 aliphatic rings. The van der Waals surface area contributed by atoms with Gasteiger partial charge in [-0.2, -0.15) is 0 Å². The molecule has 2 heterocycles. The van der Waals surface area contributed by atoms with Crippen molar-refractivity contribution in [2.45, 2.75) is 19.9 Å². The largest absolute Gasteiger partial charge is 0.461 e. The molecule has 7 nitrogen and oxygen atoms in total. The lowest BCUT2D eigenvalue weighted by atomic mass is 10.4. The third-order valence-electron chi connectivity index (χ3n) is 2.52. The molecule has 2 aromatic rings. The van der Waals surface area contributed by atoms with E-state index in [2.05, 4.69) is 15.4 Å². The molecule has 0 unspecified atom stereocenters. The highest BCUT2D eigenvalue weighted by atomic mass is 16.3. The average Bonchev–Trinajstić information content (AvgIpc) is 2.98. The Morgan fingerprint density at radius 2 is 2.42 bits per heavy atom. The first-order valence-corrected chi connectivity index (χ1v) is 6.03. The smallest absolute Gasteiger partial charge is 0.217 e. The number of hydrogen-bond donors (Lipinski definition) is 2. The second-order valence-corrected chi connectivity index (χ2v) is 4.01. The summed E-state index contributed by atoms with van der Waals surface area (Å²) < 4.78 is 6.86. The monoisotopic (exact) mass is 264 g/mol. The van der Waals surface area contributed by atoms with E-state index in [0.29, 0.717) is 36.9 Å². The fourth-order valence-electron chi connectivity index (χ4n) is 1.69. The minimum absolute atomic E-state index is 0.0198. The number of nitrogens with one attached hydrogen (secondary N) is 1. The lowest BCUT2D eigenvalue weighted by Gasteiger charge is -2.03. The highest BCUT2D eigenvalue weighted by molar-refractivity contribution is 5.72. The summed E-state index contributed by atoms with van der Waals surface area (Å²) in [6.07, 6.45) is 2.10. The summed E-state index contributed by atoms with van der Waals surface area (Å²) in [4.78, 5) is 15.2. The van der Waals surface area contributed by atoms with Gasteiger partial charge in [0.1, 0.15) is 5.82 Å². The van der Waals surface area contributed by atoms with Crippen molar-refractivity contribution in [3.05, 3.63) is 24.2 Å². The zero-order chi connectivity index (χ0) is 13.7. The third kappa shape index (κ3) is 3.41. The number of rotatable bonds is 6. The van der Waals surface area contributed by atoms with Crippen LogP contribution in [0.4, 0.5) is 0 Å². The molecule has 102 valence electrons. The molecule has 19 heavy (non-hydrogen) atoms. The van der Waals surface area contributed by atoms with Gasteiger partial charge in [-0.1, -0.05) is 0 Å². The Balaban J connectivity index is 2.13. The van der Waals surface area contributed by atoms with Crippen molar-refractivity contribution in [1.29, 1.82) is 0 Å². The molecule has 0 saturated heterocycles. The molecular weight excluding hydrogens is 248 g/mol. The predicted molar refractivity (Wildman–Crippen MR) is 67.2 cm³/mol. The van der Waals surface area contributed by atoms with E-state index >= 15 is 0 Å². The number of amides is 1. The Kier molecular flexibility index (Phi) is 4.30. The quantitative estimate of drug-likeness (QED) is 0.778. The molecule has 2 N–H and O–H groups in total. The van der Waals surface area contributed by atoms with E-state index in [4.69, 9.17) is 9.52 Å². The number of nitrogens with zero attached hydrogens (tertiary/aromatic N) is 3. The van der Waals surface area contributed by atoms with Crippen LogP contribution in [0, 0.1) is 0 Å². The fourth-order valence-corrected chi connectivity index (χ4v) is 1.69. The normalized spacial score (nSPS) is 10.6. The van der Waals surface area contributed by atoms with Gasteiger partial charge in [-0.05, 0) is 12.1 Å². The van der Waals surface area contributed by atoms with Crippen molar-refractivity contribution in [3.8, 4) is 11.6 Å². The molecular formula is C12H16N4O3. The maximum atomic E-state index is 10.8. The minimum atomic E-state index is -0.0838. The first kappa shape index (κ1) is 13.3. The number of carbonyl (C=O) groups excluding carboxylic acids is 1. The van der Waals surface area contributed by atoms with Crippen LogP contribution in [0.15, 0.2) is 22.8 Å². The SMILES string of the molecule is CC(=O)NCCc1nc(-c2ccco2)nn1CCO. The summed E-state index contributed by atoms with van der Waals surface area (Å²) in [5, 5.41) is 16.0. The second kappa shape index (κ2) is 6.14. The van der Waals surface area contributed by atoms with Crippen LogP contribution in [-0.2, 0) is 17.8 Å². The van der Waals surface area contributed by atoms with E-state index in [1.807, 2.05) is 0 Å². The number of carbonyl (C=O) groups is 1. The van der Waals surface area contributed by atoms with Crippen LogP contribution in [0.2, 0.25) is 0 Å². The van der Waals surface area contributed by atoms with E-state index in [1.54, 1.807) is 23.1 Å². The highest BCUT2D eigenvalue weighted by Gasteiger charge is 2.13. The van der Waals surface area contributed by atoms with Crippen molar-refractivity contribution in [3.63, 3.8) is 0 Å². The van der Waals surface area contributed by atoms with E-state index in [0.717, 1.165) is 0 Å². The topological polar surface area (TPSA) is 93.2 Å². The molecule has 0 aromatic carbocycles. The van der Waals surface area contributed by atoms with Crippen molar-refractivity contribution >= 4 is 5.91 Å². The van der Waals surface area contributed by atoms with Crippen LogP contribution in [0.3, 0.4) is 0 Å². The summed E-state index contributed by atoms with van der Waals surface area (Å²) in [6.45, 7) is 2.29. The molecule has 0 bridgehead atoms. The summed E-state index contributed by atoms with van der Waals surface area (Å²) in [5.74, 6) is 1.68. The van der Waals surface area contributed by atoms with Gasteiger partial charge >= 0.3 is 0 Å². The molecule has 2 aromatic heterocycles. The number of hydrogen-bond acceptors (Lipinski definition) is 5. The maximum Gasteiger partial charge on any atom is 0.217 e. The van der Waals surface area contributed by atoms with Gasteiger partial charge in [0.15, 0.2) is 5.76 Å². The minimum Gasteiger partial charge on any atom is -0.461 e. The molecule has 0 radical (unpaired) electrons. The van der Waals surface area contributed by atoms with Crippen molar-refractivity contribution in [2.24, 2.45) is 0 Å². The van der Waals surface area contributed by atoms with Crippen LogP contribution >= 0.6 is 0 Å². The lowest BCUT2D eigenvalue weighted by Crippen LogP contribution is -2.24. The van der Waals surface area contributed by atoms with Gasteiger partial charge in [0, 0.05) is 19.9 Å². The first-order valence-electron chi connectivity index (χ1n) is 6.03. The molecule has 2 rings (SSSR count). The standard InChI is InChI=1S/C12H16N4O3/c1-9(18)13-5-4-11-14-12(10-3-2-8-19-10)15-16(11)6-7-17/h2-3,8,17H,4-7H2,1H3,(H,13,18). The molecule has 0 aliphatic carbocycles. The van der Waals surface area contributed by atoms with Gasteiger partial charge in [0.25, 0.3) is 0 Å². The fraction of sp³-hybridized carbons (Fsp3) is 0.417. The van der Waals surface area contributed by atoms with Gasteiger partial charge < -0.3 is 14.8 Å². The van der Waals surface area contributed by atoms with Gasteiger partial charge in [-0.25, -0.2) is 9.67 Å². The summed E-state index contributed by atoms with van der Waals surface area (Å²) in [7, 11) is 0. The lowest BCUT2D eigenvalue weighted by molar-refractivity contribution is -0.118. The molecule has 0 atom stereocenters. The van der Waals surface area contributed by atoms with Crippen LogP contribution in [-0.4, -0.2) is 38.9 Å². The molecule has 0 saturated carbocycles. The van der Waals surface area contributed by atoms with Gasteiger partial charge in [0.2, 0.25) is 11.7 Å². The molecule has 0 fully saturated rings. The van der Waals surface area contributed by atoms with Crippen molar-refractivity contribution < 1.29 is 14.3 Å². The van der Waals surface area contributed by atoms with Crippen LogP contribution in [0.5, 0.6) is 0 Å². The summed E-state index contributed by atoms with van der Waals surface area (Å²) in [5.41, 5.74) is 0. The number of aliphatic hydroxyl groups is 1. The van der Waals surface area contributed by atoms with Crippen molar-refractivity contribution in [2.75, 3.05) is 13.2 Å². The maximum absolute atomic E-state index is 10.8. The Bertz CT molecular complexity index is 533. The molecule has 0 spiro atoms. The van der Waals surface area contributed by atoms with Crippen LogP contribution in [0.1, 0.15) is 12.7 Å². The molecule has 7 heteroatoms. The van der Waals surface area contributed by atoms with Gasteiger partial charge in [-0.3, -0.25) is 4.79 Å². The number of aromatic nitrogens is 3. The van der Waals surface area contributed by atoms with Crippen LogP contribution in [0.25, 0.3) is 11.6 Å². The second-order valence-electron chi connectivity index (χ2n) is 4.01. The van der Waals surface area contributed by atoms with Gasteiger partial charge in [0.05, 0.1) is 19.4 Å². The Labute approximate surface area is 110 Å². The third-order valence-corrected chi connectivity index (χ3v) is 2.52. The number of furan rings is 1. The Hall–Kier alpha value is -2.15. The van der Waals surface area contributed by atoms with Crippen LogP contribution < -0.4 is 5.32 Å². The average molecular weight is 264 g/mol. The van der Waals surface area contributed by atoms with Crippen molar-refractivity contribution in [1.82, 2.24) is 20.1 Å². The molecule has 0 aliphatic heterocycles. The highest BCUT2D eigenvalue weighted by Crippen LogP contribution is 2.16.